The fourth-order valence-electron chi connectivity index (χ4n) is 2.14. The molecule has 1 unspecified atom stereocenters. The predicted octanol–water partition coefficient (Wildman–Crippen LogP) is 0.296. The molecule has 6 nitrogen and oxygen atoms in total. The van der Waals surface area contributed by atoms with Crippen molar-refractivity contribution in [1.82, 2.24) is 15.3 Å². The smallest absolute Gasteiger partial charge is 0.266 e. The summed E-state index contributed by atoms with van der Waals surface area (Å²) < 4.78 is 5.63. The van der Waals surface area contributed by atoms with Gasteiger partial charge in [-0.3, -0.25) is 20.1 Å². The van der Waals surface area contributed by atoms with Crippen LogP contribution in [0.3, 0.4) is 0 Å². The van der Waals surface area contributed by atoms with E-state index in [1.165, 1.54) is 0 Å². The number of hydrazine groups is 1. The molecule has 0 radical (unpaired) electrons. The molecule has 1 fully saturated rings. The number of aromatic nitrogens is 1. The van der Waals surface area contributed by atoms with Gasteiger partial charge in [-0.1, -0.05) is 6.92 Å². The highest BCUT2D eigenvalue weighted by atomic mass is 16.5. The molecule has 1 saturated heterocycles. The van der Waals surface area contributed by atoms with Crippen LogP contribution in [0.25, 0.3) is 0 Å². The summed E-state index contributed by atoms with van der Waals surface area (Å²) in [6.45, 7) is 5.54. The van der Waals surface area contributed by atoms with Crippen molar-refractivity contribution in [3.63, 3.8) is 0 Å². The number of morpholine rings is 1. The van der Waals surface area contributed by atoms with Crippen molar-refractivity contribution in [2.75, 3.05) is 19.7 Å². The highest BCUT2D eigenvalue weighted by Gasteiger charge is 2.19. The third kappa shape index (κ3) is 3.73. The van der Waals surface area contributed by atoms with E-state index in [-0.39, 0.29) is 5.91 Å². The largest absolute Gasteiger partial charge is 0.376 e. The lowest BCUT2D eigenvalue weighted by atomic mass is 10.2. The number of nitrogens with one attached hydrogen (secondary N) is 1. The van der Waals surface area contributed by atoms with Gasteiger partial charge in [0.1, 0.15) is 0 Å². The number of pyridine rings is 1. The number of rotatable bonds is 4. The summed E-state index contributed by atoms with van der Waals surface area (Å²) in [4.78, 5) is 17.9. The Hall–Kier alpha value is -1.50. The van der Waals surface area contributed by atoms with Crippen molar-refractivity contribution >= 4 is 5.91 Å². The quantitative estimate of drug-likeness (QED) is 0.464. The van der Waals surface area contributed by atoms with E-state index in [1.54, 1.807) is 12.3 Å². The number of hydrogen-bond acceptors (Lipinski definition) is 5. The fourth-order valence-corrected chi connectivity index (χ4v) is 2.14. The lowest BCUT2D eigenvalue weighted by Gasteiger charge is -2.32. The van der Waals surface area contributed by atoms with Crippen LogP contribution in [0.4, 0.5) is 0 Å². The lowest BCUT2D eigenvalue weighted by Crippen LogP contribution is -2.41. The standard InChI is InChI=1S/C13H20N4O2/c1-2-12-9-17(5-6-19-12)8-11-4-3-10(7-15-11)13(18)16-14/h3-4,7,12H,2,5-6,8-9,14H2,1H3,(H,16,18). The van der Waals surface area contributed by atoms with E-state index < -0.39 is 0 Å². The zero-order valence-corrected chi connectivity index (χ0v) is 11.1. The Balaban J connectivity index is 1.94. The molecular weight excluding hydrogens is 244 g/mol. The summed E-state index contributed by atoms with van der Waals surface area (Å²) in [5.41, 5.74) is 3.51. The summed E-state index contributed by atoms with van der Waals surface area (Å²) in [7, 11) is 0. The number of ether oxygens (including phenoxy) is 1. The van der Waals surface area contributed by atoms with Gasteiger partial charge in [0.2, 0.25) is 0 Å². The highest BCUT2D eigenvalue weighted by Crippen LogP contribution is 2.11. The maximum atomic E-state index is 11.3. The third-order valence-electron chi connectivity index (χ3n) is 3.28. The van der Waals surface area contributed by atoms with Gasteiger partial charge in [-0.05, 0) is 18.6 Å². The van der Waals surface area contributed by atoms with Crippen molar-refractivity contribution in [3.8, 4) is 0 Å². The van der Waals surface area contributed by atoms with E-state index in [9.17, 15) is 4.79 Å². The second-order valence-electron chi connectivity index (χ2n) is 4.65. The van der Waals surface area contributed by atoms with Crippen LogP contribution < -0.4 is 11.3 Å². The van der Waals surface area contributed by atoms with Crippen LogP contribution in [0.1, 0.15) is 29.4 Å². The summed E-state index contributed by atoms with van der Waals surface area (Å²) in [6.07, 6.45) is 2.89. The zero-order valence-electron chi connectivity index (χ0n) is 11.1. The topological polar surface area (TPSA) is 80.5 Å². The minimum atomic E-state index is -0.323. The number of nitrogens with two attached hydrogens (primary N) is 1. The summed E-state index contributed by atoms with van der Waals surface area (Å²) in [5, 5.41) is 0. The van der Waals surface area contributed by atoms with Crippen LogP contribution in [-0.4, -0.2) is 41.6 Å². The maximum Gasteiger partial charge on any atom is 0.266 e. The van der Waals surface area contributed by atoms with E-state index in [4.69, 9.17) is 10.6 Å². The molecule has 19 heavy (non-hydrogen) atoms. The number of nitrogen functional groups attached to an aromatic ring is 1. The Morgan fingerprint density at radius 2 is 2.47 bits per heavy atom. The molecule has 1 aliphatic rings. The van der Waals surface area contributed by atoms with Gasteiger partial charge in [0.05, 0.1) is 24.0 Å². The van der Waals surface area contributed by atoms with Gasteiger partial charge in [0.15, 0.2) is 0 Å². The summed E-state index contributed by atoms with van der Waals surface area (Å²) in [6, 6.07) is 3.60. The van der Waals surface area contributed by atoms with Crippen molar-refractivity contribution < 1.29 is 9.53 Å². The number of amides is 1. The van der Waals surface area contributed by atoms with Crippen LogP contribution in [0, 0.1) is 0 Å². The van der Waals surface area contributed by atoms with Crippen LogP contribution in [-0.2, 0) is 11.3 Å². The van der Waals surface area contributed by atoms with E-state index in [2.05, 4.69) is 22.2 Å². The number of nitrogens with zero attached hydrogens (tertiary/aromatic N) is 2. The van der Waals surface area contributed by atoms with E-state index in [0.29, 0.717) is 11.7 Å². The average Bonchev–Trinajstić information content (AvgIpc) is 2.47. The predicted molar refractivity (Wildman–Crippen MR) is 71.2 cm³/mol. The summed E-state index contributed by atoms with van der Waals surface area (Å²) >= 11 is 0. The highest BCUT2D eigenvalue weighted by molar-refractivity contribution is 5.93. The Morgan fingerprint density at radius 3 is 3.11 bits per heavy atom. The molecule has 2 heterocycles. The molecule has 6 heteroatoms. The minimum Gasteiger partial charge on any atom is -0.376 e. The van der Waals surface area contributed by atoms with Crippen LogP contribution in [0.5, 0.6) is 0 Å². The van der Waals surface area contributed by atoms with Crippen molar-refractivity contribution in [3.05, 3.63) is 29.6 Å². The van der Waals surface area contributed by atoms with E-state index in [1.807, 2.05) is 6.07 Å². The number of carbonyl (C=O) groups excluding carboxylic acids is 1. The molecule has 0 aliphatic carbocycles. The second kappa shape index (κ2) is 6.60. The normalized spacial score (nSPS) is 20.2. The Kier molecular flexibility index (Phi) is 4.84. The van der Waals surface area contributed by atoms with Gasteiger partial charge in [0.25, 0.3) is 5.91 Å². The molecule has 0 aromatic carbocycles. The Bertz CT molecular complexity index is 421. The Morgan fingerprint density at radius 1 is 1.63 bits per heavy atom. The molecule has 0 spiro atoms. The third-order valence-corrected chi connectivity index (χ3v) is 3.28. The first-order valence-electron chi connectivity index (χ1n) is 6.52. The molecule has 1 atom stereocenters. The van der Waals surface area contributed by atoms with Gasteiger partial charge < -0.3 is 4.74 Å². The molecular formula is C13H20N4O2. The van der Waals surface area contributed by atoms with Gasteiger partial charge in [0, 0.05) is 25.8 Å². The van der Waals surface area contributed by atoms with E-state index in [0.717, 1.165) is 38.4 Å². The van der Waals surface area contributed by atoms with E-state index >= 15 is 0 Å². The van der Waals surface area contributed by atoms with Gasteiger partial charge in [-0.25, -0.2) is 5.84 Å². The van der Waals surface area contributed by atoms with Gasteiger partial charge in [-0.2, -0.15) is 0 Å². The van der Waals surface area contributed by atoms with Crippen LogP contribution >= 0.6 is 0 Å². The lowest BCUT2D eigenvalue weighted by molar-refractivity contribution is -0.0328. The first kappa shape index (κ1) is 13.9. The zero-order chi connectivity index (χ0) is 13.7. The van der Waals surface area contributed by atoms with Crippen molar-refractivity contribution in [1.29, 1.82) is 0 Å². The molecule has 0 saturated carbocycles. The average molecular weight is 264 g/mol. The molecule has 3 N–H and O–H groups in total. The molecule has 0 bridgehead atoms. The second-order valence-corrected chi connectivity index (χ2v) is 4.65. The maximum absolute atomic E-state index is 11.3. The SMILES string of the molecule is CCC1CN(Cc2ccc(C(=O)NN)cn2)CCO1. The Labute approximate surface area is 112 Å². The monoisotopic (exact) mass is 264 g/mol. The molecule has 1 aromatic rings. The number of carbonyl (C=O) groups is 1. The van der Waals surface area contributed by atoms with Gasteiger partial charge >= 0.3 is 0 Å². The molecule has 1 aromatic heterocycles. The van der Waals surface area contributed by atoms with Crippen molar-refractivity contribution in [2.45, 2.75) is 26.0 Å². The first-order chi connectivity index (χ1) is 9.22. The summed E-state index contributed by atoms with van der Waals surface area (Å²) in [5.74, 6) is 4.75. The first-order valence-corrected chi connectivity index (χ1v) is 6.52. The fraction of sp³-hybridized carbons (Fsp3) is 0.538. The number of hydrogen-bond donors (Lipinski definition) is 2. The molecule has 104 valence electrons. The molecule has 1 aliphatic heterocycles. The molecule has 1 amide bonds. The van der Waals surface area contributed by atoms with Crippen LogP contribution in [0.15, 0.2) is 18.3 Å². The van der Waals surface area contributed by atoms with Crippen molar-refractivity contribution in [2.24, 2.45) is 5.84 Å². The van der Waals surface area contributed by atoms with Crippen LogP contribution in [0.2, 0.25) is 0 Å². The van der Waals surface area contributed by atoms with Gasteiger partial charge in [-0.15, -0.1) is 0 Å². The minimum absolute atomic E-state index is 0.316. The molecule has 2 rings (SSSR count).